The molecule has 3 unspecified atom stereocenters. The molecule has 0 saturated carbocycles. The van der Waals surface area contributed by atoms with Crippen LogP contribution in [0.3, 0.4) is 0 Å². The third kappa shape index (κ3) is 44.9. The Morgan fingerprint density at radius 2 is 0.761 bits per heavy atom. The van der Waals surface area contributed by atoms with Crippen LogP contribution in [-0.2, 0) is 61.2 Å². The number of phosphoric ester groups is 1. The van der Waals surface area contributed by atoms with Crippen LogP contribution in [0, 0.1) is 0 Å². The zero-order valence-corrected chi connectivity index (χ0v) is 46.4. The molecule has 0 radical (unpaired) electrons. The van der Waals surface area contributed by atoms with Gasteiger partial charge in [0.05, 0.1) is 26.1 Å². The SMILES string of the molecule is CCCCCCCCCCCCCC(=O)OCC(COP(=O)(O)OCC(COC(=O)C[C@@H](C)NC(=O)OC(C)(C)C)OC(=O)C[C@@H](C)NC(=O)OC(C)(C)C)OC(=O)CCCCCCCCCCCCC. The lowest BCUT2D eigenvalue weighted by molar-refractivity contribution is -0.162. The average molecular weight is 1040 g/mol. The van der Waals surface area contributed by atoms with Gasteiger partial charge >= 0.3 is 43.9 Å². The highest BCUT2D eigenvalue weighted by atomic mass is 31.2. The quantitative estimate of drug-likeness (QED) is 0.0223. The number of alkyl carbamates (subject to hydrolysis) is 2. The number of esters is 4. The van der Waals surface area contributed by atoms with E-state index in [1.807, 2.05) is 0 Å². The smallest absolute Gasteiger partial charge is 0.462 e. The molecule has 0 aromatic carbocycles. The van der Waals surface area contributed by atoms with E-state index in [4.69, 9.17) is 37.5 Å². The lowest BCUT2D eigenvalue weighted by Crippen LogP contribution is -2.40. The Morgan fingerprint density at radius 1 is 0.451 bits per heavy atom. The molecule has 0 spiro atoms. The van der Waals surface area contributed by atoms with Crippen LogP contribution in [0.2, 0.25) is 0 Å². The second-order valence-corrected chi connectivity index (χ2v) is 22.2. The van der Waals surface area contributed by atoms with Gasteiger partial charge in [-0.15, -0.1) is 0 Å². The molecule has 0 heterocycles. The van der Waals surface area contributed by atoms with Crippen molar-refractivity contribution in [2.45, 2.75) is 272 Å². The molecule has 0 aliphatic rings. The number of carbonyl (C=O) groups is 6. The maximum absolute atomic E-state index is 13.2. The number of amides is 2. The Balaban J connectivity index is 5.59. The molecule has 19 heteroatoms. The van der Waals surface area contributed by atoms with Gasteiger partial charge in [0.1, 0.15) is 24.4 Å². The van der Waals surface area contributed by atoms with E-state index >= 15 is 0 Å². The second-order valence-electron chi connectivity index (χ2n) is 20.7. The summed E-state index contributed by atoms with van der Waals surface area (Å²) in [4.78, 5) is 86.6. The molecule has 0 aliphatic carbocycles. The van der Waals surface area contributed by atoms with Gasteiger partial charge in [-0.1, -0.05) is 142 Å². The first-order chi connectivity index (χ1) is 33.4. The van der Waals surface area contributed by atoms with Crippen LogP contribution in [0.1, 0.15) is 236 Å². The number of nitrogens with one attached hydrogen (secondary N) is 2. The van der Waals surface area contributed by atoms with E-state index in [-0.39, 0.29) is 25.7 Å². The number of carbonyl (C=O) groups excluding carboxylic acids is 6. The molecular formula is C52H97N2O16P. The highest BCUT2D eigenvalue weighted by molar-refractivity contribution is 7.47. The van der Waals surface area contributed by atoms with Gasteiger partial charge in [0.25, 0.3) is 0 Å². The summed E-state index contributed by atoms with van der Waals surface area (Å²) in [5.41, 5.74) is -1.56. The first-order valence-corrected chi connectivity index (χ1v) is 28.2. The van der Waals surface area contributed by atoms with Crippen molar-refractivity contribution in [2.75, 3.05) is 26.4 Å². The molecule has 5 atom stereocenters. The van der Waals surface area contributed by atoms with E-state index in [1.165, 1.54) is 90.4 Å². The number of rotatable bonds is 42. The summed E-state index contributed by atoms with van der Waals surface area (Å²) in [6.07, 6.45) is 19.9. The first kappa shape index (κ1) is 67.5. The van der Waals surface area contributed by atoms with E-state index in [2.05, 4.69) is 24.5 Å². The number of hydrogen-bond donors (Lipinski definition) is 3. The summed E-state index contributed by atoms with van der Waals surface area (Å²) in [5, 5.41) is 5.04. The van der Waals surface area contributed by atoms with Crippen LogP contribution in [0.15, 0.2) is 0 Å². The highest BCUT2D eigenvalue weighted by Crippen LogP contribution is 2.43. The molecule has 3 N–H and O–H groups in total. The molecule has 0 bridgehead atoms. The normalized spacial score (nSPS) is 14.2. The Hall–Kier alpha value is -3.47. The molecule has 0 saturated heterocycles. The molecule has 0 aromatic rings. The van der Waals surface area contributed by atoms with Crippen molar-refractivity contribution in [3.05, 3.63) is 0 Å². The van der Waals surface area contributed by atoms with E-state index in [1.54, 1.807) is 48.5 Å². The van der Waals surface area contributed by atoms with Crippen molar-refractivity contribution in [3.8, 4) is 0 Å². The summed E-state index contributed by atoms with van der Waals surface area (Å²) >= 11 is 0. The van der Waals surface area contributed by atoms with Crippen molar-refractivity contribution in [1.82, 2.24) is 10.6 Å². The monoisotopic (exact) mass is 1040 g/mol. The molecule has 71 heavy (non-hydrogen) atoms. The van der Waals surface area contributed by atoms with Crippen molar-refractivity contribution in [2.24, 2.45) is 0 Å². The minimum Gasteiger partial charge on any atom is -0.462 e. The Kier molecular flexibility index (Phi) is 38.0. The molecule has 18 nitrogen and oxygen atoms in total. The van der Waals surface area contributed by atoms with Gasteiger partial charge in [0.15, 0.2) is 12.2 Å². The third-order valence-electron chi connectivity index (χ3n) is 10.7. The van der Waals surface area contributed by atoms with Gasteiger partial charge in [-0.25, -0.2) is 14.2 Å². The average Bonchev–Trinajstić information content (AvgIpc) is 3.25. The van der Waals surface area contributed by atoms with Gasteiger partial charge in [-0.3, -0.25) is 28.2 Å². The van der Waals surface area contributed by atoms with Gasteiger partial charge in [-0.2, -0.15) is 0 Å². The summed E-state index contributed by atoms with van der Waals surface area (Å²) in [6.45, 7) is 15.0. The van der Waals surface area contributed by atoms with Crippen LogP contribution in [-0.4, -0.2) is 103 Å². The molecular weight excluding hydrogens is 940 g/mol. The van der Waals surface area contributed by atoms with Crippen LogP contribution in [0.4, 0.5) is 9.59 Å². The zero-order chi connectivity index (χ0) is 53.6. The van der Waals surface area contributed by atoms with E-state index in [0.717, 1.165) is 44.9 Å². The lowest BCUT2D eigenvalue weighted by atomic mass is 10.1. The third-order valence-corrected chi connectivity index (χ3v) is 11.7. The summed E-state index contributed by atoms with van der Waals surface area (Å²) in [6, 6.07) is -1.48. The van der Waals surface area contributed by atoms with Gasteiger partial charge in [0, 0.05) is 24.9 Å². The summed E-state index contributed by atoms with van der Waals surface area (Å²) < 4.78 is 55.9. The maximum atomic E-state index is 13.2. The summed E-state index contributed by atoms with van der Waals surface area (Å²) in [7, 11) is -4.99. The molecule has 0 aromatic heterocycles. The number of hydrogen-bond acceptors (Lipinski definition) is 15. The standard InChI is InChI=1S/C52H97N2O16P/c1-11-13-15-17-19-21-23-25-27-29-31-33-45(55)63-37-43(67-46(56)34-32-30-28-26-24-22-20-18-16-14-12-2)39-65-71(61,62)66-40-44(68-48(58)36-42(4)54-50(60)70-52(8,9)10)38-64-47(57)35-41(3)53-49(59)69-51(5,6)7/h41-44H,11-40H2,1-10H3,(H,53,59)(H,54,60)(H,61,62)/t41-,42-,43?,44?/m1/s1. The predicted molar refractivity (Wildman–Crippen MR) is 272 cm³/mol. The van der Waals surface area contributed by atoms with Gasteiger partial charge in [-0.05, 0) is 68.2 Å². The fourth-order valence-corrected chi connectivity index (χ4v) is 7.88. The Bertz CT molecular complexity index is 1520. The molecule has 0 fully saturated rings. The Morgan fingerprint density at radius 3 is 1.13 bits per heavy atom. The predicted octanol–water partition coefficient (Wildman–Crippen LogP) is 12.0. The van der Waals surface area contributed by atoms with Crippen molar-refractivity contribution in [3.63, 3.8) is 0 Å². The second kappa shape index (κ2) is 40.0. The number of unbranched alkanes of at least 4 members (excludes halogenated alkanes) is 20. The van der Waals surface area contributed by atoms with E-state index in [0.29, 0.717) is 12.8 Å². The minimum absolute atomic E-state index is 0.0982. The van der Waals surface area contributed by atoms with Crippen molar-refractivity contribution < 1.29 is 75.7 Å². The van der Waals surface area contributed by atoms with Crippen molar-refractivity contribution >= 4 is 43.9 Å². The fraction of sp³-hybridized carbons (Fsp3) is 0.885. The number of phosphoric acid groups is 1. The van der Waals surface area contributed by atoms with E-state index < -0.39 is 106 Å². The summed E-state index contributed by atoms with van der Waals surface area (Å²) in [5.74, 6) is -2.77. The largest absolute Gasteiger partial charge is 0.472 e. The minimum atomic E-state index is -4.99. The van der Waals surface area contributed by atoms with Gasteiger partial charge < -0.3 is 43.9 Å². The van der Waals surface area contributed by atoms with E-state index in [9.17, 15) is 38.2 Å². The van der Waals surface area contributed by atoms with Crippen LogP contribution < -0.4 is 10.6 Å². The Labute approximate surface area is 427 Å². The molecule has 0 aliphatic heterocycles. The zero-order valence-electron chi connectivity index (χ0n) is 45.5. The van der Waals surface area contributed by atoms with Crippen molar-refractivity contribution in [1.29, 1.82) is 0 Å². The van der Waals surface area contributed by atoms with Crippen LogP contribution >= 0.6 is 7.82 Å². The number of ether oxygens (including phenoxy) is 6. The van der Waals surface area contributed by atoms with Crippen LogP contribution in [0.5, 0.6) is 0 Å². The maximum Gasteiger partial charge on any atom is 0.472 e. The highest BCUT2D eigenvalue weighted by Gasteiger charge is 2.30. The first-order valence-electron chi connectivity index (χ1n) is 26.7. The fourth-order valence-electron chi connectivity index (χ4n) is 7.09. The molecule has 2 amide bonds. The lowest BCUT2D eigenvalue weighted by Gasteiger charge is -2.23. The van der Waals surface area contributed by atoms with Gasteiger partial charge in [0.2, 0.25) is 0 Å². The van der Waals surface area contributed by atoms with Crippen LogP contribution in [0.25, 0.3) is 0 Å². The molecule has 0 rings (SSSR count). The topological polar surface area (TPSA) is 238 Å². The molecule has 416 valence electrons.